The van der Waals surface area contributed by atoms with Crippen molar-refractivity contribution < 1.29 is 14.4 Å². The summed E-state index contributed by atoms with van der Waals surface area (Å²) in [4.78, 5) is 17.9. The molecule has 1 fully saturated rings. The first-order valence-corrected chi connectivity index (χ1v) is 8.66. The normalized spacial score (nSPS) is 16.2. The van der Waals surface area contributed by atoms with Crippen molar-refractivity contribution in [1.29, 1.82) is 0 Å². The molecule has 1 aliphatic rings. The summed E-state index contributed by atoms with van der Waals surface area (Å²) in [6.45, 7) is 5.94. The number of urea groups is 1. The van der Waals surface area contributed by atoms with Gasteiger partial charge >= 0.3 is 6.03 Å². The van der Waals surface area contributed by atoms with E-state index in [1.54, 1.807) is 6.20 Å². The molecule has 2 heterocycles. The molecule has 2 aromatic rings. The number of rotatable bonds is 5. The van der Waals surface area contributed by atoms with Gasteiger partial charge in [0.25, 0.3) is 0 Å². The lowest BCUT2D eigenvalue weighted by atomic mass is 10.1. The molecule has 3 N–H and O–H groups in total. The highest BCUT2D eigenvalue weighted by Crippen LogP contribution is 2.10. The second kappa shape index (κ2) is 8.60. The molecule has 1 atom stereocenters. The van der Waals surface area contributed by atoms with E-state index >= 15 is 0 Å². The van der Waals surface area contributed by atoms with Crippen molar-refractivity contribution in [2.24, 2.45) is 0 Å². The summed E-state index contributed by atoms with van der Waals surface area (Å²) in [5.74, 6) is 0. The van der Waals surface area contributed by atoms with Gasteiger partial charge in [0.05, 0.1) is 19.8 Å². The van der Waals surface area contributed by atoms with E-state index in [0.717, 1.165) is 37.6 Å². The van der Waals surface area contributed by atoms with Crippen LogP contribution in [0, 0.1) is 6.92 Å². The van der Waals surface area contributed by atoms with Crippen molar-refractivity contribution in [2.75, 3.05) is 38.2 Å². The zero-order valence-corrected chi connectivity index (χ0v) is 14.5. The number of hydrogen-bond acceptors (Lipinski definition) is 3. The van der Waals surface area contributed by atoms with E-state index in [0.29, 0.717) is 6.54 Å². The molecule has 1 aromatic carbocycles. The van der Waals surface area contributed by atoms with Gasteiger partial charge in [-0.05, 0) is 31.2 Å². The topological polar surface area (TPSA) is 67.7 Å². The van der Waals surface area contributed by atoms with Crippen LogP contribution in [0.25, 0.3) is 0 Å². The Morgan fingerprint density at radius 3 is 2.68 bits per heavy atom. The Bertz CT molecular complexity index is 670. The molecule has 2 amide bonds. The SMILES string of the molecule is Cc1ccc(NC(=O)NCC(c2cccnc2)[NH+]2CCOCC2)cc1. The molecule has 1 saturated heterocycles. The Morgan fingerprint density at radius 1 is 1.24 bits per heavy atom. The molecule has 1 aliphatic heterocycles. The number of morpholine rings is 1. The molecule has 1 unspecified atom stereocenters. The maximum atomic E-state index is 12.2. The van der Waals surface area contributed by atoms with Gasteiger partial charge < -0.3 is 20.3 Å². The summed E-state index contributed by atoms with van der Waals surface area (Å²) >= 11 is 0. The van der Waals surface area contributed by atoms with Crippen LogP contribution in [0.2, 0.25) is 0 Å². The molecular weight excluding hydrogens is 316 g/mol. The zero-order chi connectivity index (χ0) is 17.5. The minimum absolute atomic E-state index is 0.168. The van der Waals surface area contributed by atoms with Gasteiger partial charge in [0.15, 0.2) is 0 Å². The Morgan fingerprint density at radius 2 is 2.00 bits per heavy atom. The molecule has 1 aromatic heterocycles. The second-order valence-electron chi connectivity index (χ2n) is 6.31. The third-order valence-corrected chi connectivity index (χ3v) is 4.49. The summed E-state index contributed by atoms with van der Waals surface area (Å²) in [7, 11) is 0. The number of pyridine rings is 1. The van der Waals surface area contributed by atoms with Gasteiger partial charge in [-0.15, -0.1) is 0 Å². The molecule has 132 valence electrons. The molecule has 0 bridgehead atoms. The van der Waals surface area contributed by atoms with Crippen LogP contribution in [0.5, 0.6) is 0 Å². The van der Waals surface area contributed by atoms with Crippen LogP contribution in [-0.4, -0.2) is 43.9 Å². The molecule has 0 saturated carbocycles. The van der Waals surface area contributed by atoms with Gasteiger partial charge in [-0.25, -0.2) is 4.79 Å². The summed E-state index contributed by atoms with van der Waals surface area (Å²) in [5, 5.41) is 5.88. The third-order valence-electron chi connectivity index (χ3n) is 4.49. The number of aryl methyl sites for hydroxylation is 1. The number of nitrogens with zero attached hydrogens (tertiary/aromatic N) is 1. The number of quaternary nitrogens is 1. The molecule has 6 heteroatoms. The number of benzene rings is 1. The minimum Gasteiger partial charge on any atom is -0.370 e. The fourth-order valence-electron chi connectivity index (χ4n) is 3.07. The standard InChI is InChI=1S/C19H24N4O2/c1-15-4-6-17(7-5-15)22-19(24)21-14-18(16-3-2-8-20-13-16)23-9-11-25-12-10-23/h2-8,13,18H,9-12,14H2,1H3,(H2,21,22,24)/p+1. The van der Waals surface area contributed by atoms with E-state index < -0.39 is 0 Å². The number of carbonyl (C=O) groups is 1. The van der Waals surface area contributed by atoms with Crippen LogP contribution in [0.15, 0.2) is 48.8 Å². The van der Waals surface area contributed by atoms with Crippen molar-refractivity contribution in [1.82, 2.24) is 10.3 Å². The van der Waals surface area contributed by atoms with Crippen LogP contribution >= 0.6 is 0 Å². The first kappa shape index (κ1) is 17.4. The van der Waals surface area contributed by atoms with Crippen LogP contribution in [0.3, 0.4) is 0 Å². The molecule has 25 heavy (non-hydrogen) atoms. The van der Waals surface area contributed by atoms with E-state index in [4.69, 9.17) is 4.74 Å². The van der Waals surface area contributed by atoms with E-state index in [2.05, 4.69) is 21.7 Å². The van der Waals surface area contributed by atoms with E-state index in [9.17, 15) is 4.79 Å². The molecule has 0 radical (unpaired) electrons. The van der Waals surface area contributed by atoms with Crippen LogP contribution in [0.4, 0.5) is 10.5 Å². The van der Waals surface area contributed by atoms with Gasteiger partial charge in [-0.3, -0.25) is 4.98 Å². The average molecular weight is 341 g/mol. The maximum Gasteiger partial charge on any atom is 0.319 e. The van der Waals surface area contributed by atoms with Gasteiger partial charge in [0.1, 0.15) is 19.1 Å². The Kier molecular flexibility index (Phi) is 5.98. The molecule has 3 rings (SSSR count). The zero-order valence-electron chi connectivity index (χ0n) is 14.5. The van der Waals surface area contributed by atoms with Crippen molar-refractivity contribution in [3.05, 3.63) is 59.9 Å². The highest BCUT2D eigenvalue weighted by Gasteiger charge is 2.27. The Labute approximate surface area is 148 Å². The lowest BCUT2D eigenvalue weighted by Crippen LogP contribution is -3.15. The molecule has 0 spiro atoms. The van der Waals surface area contributed by atoms with Crippen LogP contribution in [0.1, 0.15) is 17.2 Å². The second-order valence-corrected chi connectivity index (χ2v) is 6.31. The monoisotopic (exact) mass is 341 g/mol. The van der Waals surface area contributed by atoms with Gasteiger partial charge in [0.2, 0.25) is 0 Å². The Hall–Kier alpha value is -2.44. The predicted octanol–water partition coefficient (Wildman–Crippen LogP) is 1.17. The summed E-state index contributed by atoms with van der Waals surface area (Å²) in [6.07, 6.45) is 3.65. The molecule has 0 aliphatic carbocycles. The smallest absolute Gasteiger partial charge is 0.319 e. The lowest BCUT2D eigenvalue weighted by Gasteiger charge is -2.31. The first-order valence-electron chi connectivity index (χ1n) is 8.66. The van der Waals surface area contributed by atoms with Crippen LogP contribution < -0.4 is 15.5 Å². The van der Waals surface area contributed by atoms with Crippen molar-refractivity contribution >= 4 is 11.7 Å². The van der Waals surface area contributed by atoms with E-state index in [1.807, 2.05) is 43.5 Å². The van der Waals surface area contributed by atoms with Gasteiger partial charge in [-0.1, -0.05) is 17.7 Å². The van der Waals surface area contributed by atoms with E-state index in [1.165, 1.54) is 10.5 Å². The number of anilines is 1. The fraction of sp³-hybridized carbons (Fsp3) is 0.368. The quantitative estimate of drug-likeness (QED) is 0.765. The number of nitrogens with one attached hydrogen (secondary N) is 3. The number of hydrogen-bond donors (Lipinski definition) is 3. The van der Waals surface area contributed by atoms with Crippen LogP contribution in [-0.2, 0) is 4.74 Å². The highest BCUT2D eigenvalue weighted by atomic mass is 16.5. The average Bonchev–Trinajstić information content (AvgIpc) is 2.66. The van der Waals surface area contributed by atoms with E-state index in [-0.39, 0.29) is 12.1 Å². The largest absolute Gasteiger partial charge is 0.370 e. The first-order chi connectivity index (χ1) is 12.2. The summed E-state index contributed by atoms with van der Waals surface area (Å²) in [6, 6.07) is 11.7. The van der Waals surface area contributed by atoms with Crippen molar-refractivity contribution in [2.45, 2.75) is 13.0 Å². The molecular formula is C19H25N4O2+. The number of ether oxygens (including phenoxy) is 1. The highest BCUT2D eigenvalue weighted by molar-refractivity contribution is 5.89. The van der Waals surface area contributed by atoms with Gasteiger partial charge in [-0.2, -0.15) is 0 Å². The minimum atomic E-state index is -0.189. The maximum absolute atomic E-state index is 12.2. The lowest BCUT2D eigenvalue weighted by molar-refractivity contribution is -0.937. The third kappa shape index (κ3) is 5.01. The number of amides is 2. The predicted molar refractivity (Wildman–Crippen MR) is 96.7 cm³/mol. The Balaban J connectivity index is 1.61. The number of carbonyl (C=O) groups excluding carboxylic acids is 1. The fourth-order valence-corrected chi connectivity index (χ4v) is 3.07. The van der Waals surface area contributed by atoms with Crippen molar-refractivity contribution in [3.8, 4) is 0 Å². The van der Waals surface area contributed by atoms with Crippen molar-refractivity contribution in [3.63, 3.8) is 0 Å². The number of aromatic nitrogens is 1. The van der Waals surface area contributed by atoms with Gasteiger partial charge in [0, 0.05) is 23.6 Å². The molecule has 6 nitrogen and oxygen atoms in total. The summed E-state index contributed by atoms with van der Waals surface area (Å²) < 4.78 is 5.46. The summed E-state index contributed by atoms with van der Waals surface area (Å²) in [5.41, 5.74) is 3.09.